The molecule has 13 nitrogen and oxygen atoms in total. The van der Waals surface area contributed by atoms with Crippen LogP contribution in [-0.2, 0) is 28.8 Å². The molecule has 0 heterocycles. The monoisotopic (exact) mass is 536 g/mol. The molecule has 3 atom stereocenters. The molecule has 0 aromatic heterocycles. The Morgan fingerprint density at radius 1 is 0.842 bits per heavy atom. The summed E-state index contributed by atoms with van der Waals surface area (Å²) in [5.74, 6) is -4.99. The summed E-state index contributed by atoms with van der Waals surface area (Å²) in [5.41, 5.74) is 10.5. The number of hydrogen-bond donors (Lipinski definition) is 7. The zero-order valence-electron chi connectivity index (χ0n) is 21.9. The number of unbranched alkanes of at least 4 members (excludes halogenated alkanes) is 1. The zero-order valence-corrected chi connectivity index (χ0v) is 21.9. The topological polar surface area (TPSA) is 223 Å². The molecule has 1 fully saturated rings. The minimum Gasteiger partial charge on any atom is -0.393 e. The van der Waals surface area contributed by atoms with Gasteiger partial charge in [0, 0.05) is 13.1 Å². The molecule has 0 spiro atoms. The number of carbonyl (C=O) groups excluding carboxylic acids is 6. The number of nitrogens with one attached hydrogen (secondary N) is 4. The Labute approximate surface area is 222 Å². The Hall–Kier alpha value is -3.74. The number of carbonyl (C=O) groups is 6. The van der Waals surface area contributed by atoms with Crippen molar-refractivity contribution >= 4 is 35.4 Å². The van der Waals surface area contributed by atoms with E-state index in [1.807, 2.05) is 13.0 Å². The van der Waals surface area contributed by atoms with Crippen molar-refractivity contribution < 1.29 is 33.9 Å². The summed E-state index contributed by atoms with van der Waals surface area (Å²) in [6.45, 7) is 2.00. The van der Waals surface area contributed by atoms with Crippen LogP contribution in [0.4, 0.5) is 0 Å². The van der Waals surface area contributed by atoms with Crippen LogP contribution in [0.2, 0.25) is 0 Å². The lowest BCUT2D eigenvalue weighted by Crippen LogP contribution is -2.59. The Balaban J connectivity index is 3.00. The average Bonchev–Trinajstić information content (AvgIpc) is 2.85. The molecular weight excluding hydrogens is 496 g/mol. The fraction of sp³-hybridized carbons (Fsp3) is 0.600. The molecule has 38 heavy (non-hydrogen) atoms. The highest BCUT2D eigenvalue weighted by Gasteiger charge is 2.35. The number of primary amides is 2. The SMILES string of the molecule is CCC/C=C/C=C/C(=O)N[C@@H](CC(N)=O)C(=O)N[C@H](CC(N)=O)C(=O)N[C@@H](C(=O)NC)C1CCC(O)CC1. The number of hydrogen-bond acceptors (Lipinski definition) is 7. The van der Waals surface area contributed by atoms with Crippen LogP contribution >= 0.6 is 0 Å². The number of likely N-dealkylation sites (N-methyl/N-ethyl adjacent to an activating group) is 1. The first-order chi connectivity index (χ1) is 18.0. The minimum atomic E-state index is -1.49. The van der Waals surface area contributed by atoms with E-state index in [4.69, 9.17) is 11.5 Å². The fourth-order valence-corrected chi connectivity index (χ4v) is 4.04. The molecule has 0 aromatic carbocycles. The summed E-state index contributed by atoms with van der Waals surface area (Å²) in [6, 6.07) is -3.89. The van der Waals surface area contributed by atoms with Crippen molar-refractivity contribution in [3.05, 3.63) is 24.3 Å². The number of allylic oxidation sites excluding steroid dienone is 3. The van der Waals surface area contributed by atoms with Crippen molar-refractivity contribution in [3.8, 4) is 0 Å². The van der Waals surface area contributed by atoms with Crippen LogP contribution in [0.1, 0.15) is 58.3 Å². The van der Waals surface area contributed by atoms with E-state index in [2.05, 4.69) is 21.3 Å². The molecular formula is C25H40N6O7. The molecule has 0 unspecified atom stereocenters. The molecule has 1 rings (SSSR count). The van der Waals surface area contributed by atoms with E-state index >= 15 is 0 Å². The molecule has 13 heteroatoms. The highest BCUT2D eigenvalue weighted by molar-refractivity contribution is 5.98. The van der Waals surface area contributed by atoms with Crippen LogP contribution in [0.15, 0.2) is 24.3 Å². The molecule has 1 saturated carbocycles. The second kappa shape index (κ2) is 16.9. The summed E-state index contributed by atoms with van der Waals surface area (Å²) in [7, 11) is 1.41. The van der Waals surface area contributed by atoms with Crippen LogP contribution in [0.5, 0.6) is 0 Å². The van der Waals surface area contributed by atoms with E-state index < -0.39 is 72.5 Å². The van der Waals surface area contributed by atoms with Gasteiger partial charge in [0.1, 0.15) is 18.1 Å². The van der Waals surface area contributed by atoms with Crippen molar-refractivity contribution in [2.75, 3.05) is 7.05 Å². The maximum absolute atomic E-state index is 13.1. The lowest BCUT2D eigenvalue weighted by molar-refractivity contribution is -0.136. The van der Waals surface area contributed by atoms with Gasteiger partial charge >= 0.3 is 0 Å². The van der Waals surface area contributed by atoms with Gasteiger partial charge in [0.25, 0.3) is 0 Å². The maximum Gasteiger partial charge on any atom is 0.244 e. The van der Waals surface area contributed by atoms with Gasteiger partial charge in [0.05, 0.1) is 18.9 Å². The first kappa shape index (κ1) is 32.3. The number of nitrogens with two attached hydrogens (primary N) is 2. The fourth-order valence-electron chi connectivity index (χ4n) is 4.04. The van der Waals surface area contributed by atoms with Crippen molar-refractivity contribution in [3.63, 3.8) is 0 Å². The van der Waals surface area contributed by atoms with Gasteiger partial charge in [-0.2, -0.15) is 0 Å². The molecule has 1 aliphatic carbocycles. The first-order valence-electron chi connectivity index (χ1n) is 12.7. The van der Waals surface area contributed by atoms with E-state index in [1.165, 1.54) is 13.1 Å². The predicted octanol–water partition coefficient (Wildman–Crippen LogP) is -1.60. The number of aliphatic hydroxyl groups excluding tert-OH is 1. The van der Waals surface area contributed by atoms with Crippen molar-refractivity contribution in [2.45, 2.75) is 82.5 Å². The summed E-state index contributed by atoms with van der Waals surface area (Å²) in [6.07, 6.45) is 8.17. The predicted molar refractivity (Wildman–Crippen MR) is 139 cm³/mol. The highest BCUT2D eigenvalue weighted by Crippen LogP contribution is 2.27. The lowest BCUT2D eigenvalue weighted by Gasteiger charge is -2.32. The summed E-state index contributed by atoms with van der Waals surface area (Å²) in [5, 5.41) is 19.5. The minimum absolute atomic E-state index is 0.271. The summed E-state index contributed by atoms with van der Waals surface area (Å²) >= 11 is 0. The smallest absolute Gasteiger partial charge is 0.244 e. The summed E-state index contributed by atoms with van der Waals surface area (Å²) < 4.78 is 0. The van der Waals surface area contributed by atoms with Crippen molar-refractivity contribution in [2.24, 2.45) is 17.4 Å². The zero-order chi connectivity index (χ0) is 28.7. The van der Waals surface area contributed by atoms with Crippen LogP contribution in [0, 0.1) is 5.92 Å². The average molecular weight is 537 g/mol. The molecule has 0 aliphatic heterocycles. The lowest BCUT2D eigenvalue weighted by atomic mass is 9.82. The second-order valence-corrected chi connectivity index (χ2v) is 9.21. The van der Waals surface area contributed by atoms with Gasteiger partial charge in [0.15, 0.2) is 0 Å². The highest BCUT2D eigenvalue weighted by atomic mass is 16.3. The number of aliphatic hydroxyl groups is 1. The van der Waals surface area contributed by atoms with Gasteiger partial charge in [-0.25, -0.2) is 0 Å². The largest absolute Gasteiger partial charge is 0.393 e. The van der Waals surface area contributed by atoms with Gasteiger partial charge in [-0.1, -0.05) is 31.6 Å². The molecule has 6 amide bonds. The van der Waals surface area contributed by atoms with Gasteiger partial charge in [-0.15, -0.1) is 0 Å². The number of rotatable bonds is 15. The third-order valence-corrected chi connectivity index (χ3v) is 6.07. The quantitative estimate of drug-likeness (QED) is 0.0958. The molecule has 1 aliphatic rings. The van der Waals surface area contributed by atoms with E-state index in [-0.39, 0.29) is 5.92 Å². The molecule has 0 bridgehead atoms. The van der Waals surface area contributed by atoms with Crippen LogP contribution in [0.25, 0.3) is 0 Å². The Morgan fingerprint density at radius 2 is 1.39 bits per heavy atom. The van der Waals surface area contributed by atoms with Crippen molar-refractivity contribution in [1.29, 1.82) is 0 Å². The van der Waals surface area contributed by atoms with E-state index in [0.717, 1.165) is 18.9 Å². The maximum atomic E-state index is 13.1. The molecule has 212 valence electrons. The third-order valence-electron chi connectivity index (χ3n) is 6.07. The van der Waals surface area contributed by atoms with Crippen LogP contribution in [-0.4, -0.2) is 71.8 Å². The van der Waals surface area contributed by atoms with E-state index in [0.29, 0.717) is 25.7 Å². The van der Waals surface area contributed by atoms with Crippen molar-refractivity contribution in [1.82, 2.24) is 21.3 Å². The van der Waals surface area contributed by atoms with Crippen LogP contribution in [0.3, 0.4) is 0 Å². The van der Waals surface area contributed by atoms with Gasteiger partial charge < -0.3 is 37.8 Å². The van der Waals surface area contributed by atoms with Gasteiger partial charge in [-0.05, 0) is 38.0 Å². The van der Waals surface area contributed by atoms with Gasteiger partial charge in [0.2, 0.25) is 35.4 Å². The standard InChI is InChI=1S/C25H40N6O7/c1-3-4-5-6-7-8-21(35)29-17(13-19(26)33)23(36)30-18(14-20(27)34)24(37)31-22(25(38)28-2)15-9-11-16(32)12-10-15/h5-8,15-18,22,32H,3-4,9-14H2,1-2H3,(H2,26,33)(H2,27,34)(H,28,38)(H,29,35)(H,30,36)(H,31,37)/b6-5+,8-7+/t15?,16?,17-,18+,22+/m0/s1. The Bertz CT molecular complexity index is 912. The molecule has 0 aromatic rings. The molecule has 0 radical (unpaired) electrons. The van der Waals surface area contributed by atoms with Gasteiger partial charge in [-0.3, -0.25) is 28.8 Å². The molecule has 0 saturated heterocycles. The third kappa shape index (κ3) is 12.0. The normalized spacial score (nSPS) is 19.8. The van der Waals surface area contributed by atoms with E-state index in [1.54, 1.807) is 6.08 Å². The molecule has 9 N–H and O–H groups in total. The van der Waals surface area contributed by atoms with Crippen LogP contribution < -0.4 is 32.7 Å². The summed E-state index contributed by atoms with van der Waals surface area (Å²) in [4.78, 5) is 73.9. The second-order valence-electron chi connectivity index (χ2n) is 9.21. The first-order valence-corrected chi connectivity index (χ1v) is 12.7. The van der Waals surface area contributed by atoms with E-state index in [9.17, 15) is 33.9 Å². The number of amides is 6. The Kier molecular flexibility index (Phi) is 14.4. The Morgan fingerprint density at radius 3 is 1.92 bits per heavy atom.